The van der Waals surface area contributed by atoms with E-state index in [1.807, 2.05) is 0 Å². The van der Waals surface area contributed by atoms with Crippen molar-refractivity contribution < 1.29 is 22.8 Å². The molecule has 2 N–H and O–H groups in total. The van der Waals surface area contributed by atoms with Crippen LogP contribution in [0.2, 0.25) is 0 Å². The second-order valence-electron chi connectivity index (χ2n) is 6.00. The van der Waals surface area contributed by atoms with Gasteiger partial charge in [-0.3, -0.25) is 14.7 Å². The van der Waals surface area contributed by atoms with Crippen LogP contribution in [-0.4, -0.2) is 40.0 Å². The number of aromatic nitrogens is 2. The van der Waals surface area contributed by atoms with Crippen LogP contribution in [0, 0.1) is 0 Å². The highest BCUT2D eigenvalue weighted by Gasteiger charge is 2.31. The summed E-state index contributed by atoms with van der Waals surface area (Å²) in [7, 11) is 0. The minimum absolute atomic E-state index is 0.0608. The Morgan fingerprint density at radius 1 is 1.28 bits per heavy atom. The third-order valence-electron chi connectivity index (χ3n) is 4.15. The van der Waals surface area contributed by atoms with Gasteiger partial charge < -0.3 is 10.2 Å². The van der Waals surface area contributed by atoms with Gasteiger partial charge in [0, 0.05) is 18.4 Å². The Morgan fingerprint density at radius 3 is 2.84 bits per heavy atom. The Bertz CT molecular complexity index is 800. The summed E-state index contributed by atoms with van der Waals surface area (Å²) in [6.45, 7) is 0.441. The van der Waals surface area contributed by atoms with Gasteiger partial charge in [-0.1, -0.05) is 6.42 Å². The molecule has 1 saturated heterocycles. The van der Waals surface area contributed by atoms with Crippen molar-refractivity contribution in [2.24, 2.45) is 0 Å². The van der Waals surface area contributed by atoms with Crippen LogP contribution in [-0.2, 0) is 15.8 Å². The molecule has 25 heavy (non-hydrogen) atoms. The lowest BCUT2D eigenvalue weighted by atomic mass is 10.1. The van der Waals surface area contributed by atoms with Gasteiger partial charge in [0.1, 0.15) is 0 Å². The molecule has 2 heterocycles. The molecular formula is C16H17F3N4O2. The van der Waals surface area contributed by atoms with E-state index in [-0.39, 0.29) is 23.8 Å². The third-order valence-corrected chi connectivity index (χ3v) is 4.15. The topological polar surface area (TPSA) is 78.1 Å². The number of benzene rings is 1. The van der Waals surface area contributed by atoms with E-state index in [4.69, 9.17) is 0 Å². The predicted octanol–water partition coefficient (Wildman–Crippen LogP) is 2.92. The Labute approximate surface area is 141 Å². The lowest BCUT2D eigenvalue weighted by molar-refractivity contribution is -0.137. The Balaban J connectivity index is 1.72. The van der Waals surface area contributed by atoms with Gasteiger partial charge in [0.15, 0.2) is 5.82 Å². The smallest absolute Gasteiger partial charge is 0.333 e. The molecule has 134 valence electrons. The third kappa shape index (κ3) is 3.92. The summed E-state index contributed by atoms with van der Waals surface area (Å²) in [5.41, 5.74) is -0.618. The summed E-state index contributed by atoms with van der Waals surface area (Å²) in [6.07, 6.45) is -1.39. The van der Waals surface area contributed by atoms with Gasteiger partial charge in [-0.05, 0) is 31.0 Å². The molecular weight excluding hydrogens is 337 g/mol. The molecule has 2 aromatic rings. The largest absolute Gasteiger partial charge is 0.416 e. The molecule has 2 amide bonds. The van der Waals surface area contributed by atoms with Crippen LogP contribution >= 0.6 is 0 Å². The zero-order valence-electron chi connectivity index (χ0n) is 13.3. The molecule has 9 heteroatoms. The molecule has 1 aliphatic rings. The quantitative estimate of drug-likeness (QED) is 0.890. The maximum Gasteiger partial charge on any atom is 0.416 e. The number of nitrogens with one attached hydrogen (secondary N) is 2. The van der Waals surface area contributed by atoms with Gasteiger partial charge in [0.25, 0.3) is 0 Å². The molecule has 1 aromatic heterocycles. The molecule has 0 radical (unpaired) electrons. The highest BCUT2D eigenvalue weighted by molar-refractivity contribution is 6.01. The lowest BCUT2D eigenvalue weighted by Gasteiger charge is -2.19. The Morgan fingerprint density at radius 2 is 2.08 bits per heavy atom. The summed E-state index contributed by atoms with van der Waals surface area (Å²) in [5.74, 6) is -0.339. The van der Waals surface area contributed by atoms with E-state index in [2.05, 4.69) is 15.5 Å². The van der Waals surface area contributed by atoms with Gasteiger partial charge in [-0.2, -0.15) is 18.3 Å². The number of carbonyl (C=O) groups is 2. The number of fused-ring (bicyclic) bond motifs is 1. The highest BCUT2D eigenvalue weighted by Crippen LogP contribution is 2.32. The van der Waals surface area contributed by atoms with E-state index in [0.29, 0.717) is 18.4 Å². The SMILES string of the molecule is O=C(CN1CCCCCC1=O)Nc1n[nH]c2cc(C(F)(F)F)ccc12. The van der Waals surface area contributed by atoms with Gasteiger partial charge in [-0.15, -0.1) is 0 Å². The number of likely N-dealkylation sites (tertiary alicyclic amines) is 1. The van der Waals surface area contributed by atoms with E-state index in [1.165, 1.54) is 11.0 Å². The average molecular weight is 354 g/mol. The maximum absolute atomic E-state index is 12.7. The van der Waals surface area contributed by atoms with Crippen LogP contribution in [0.1, 0.15) is 31.2 Å². The number of hydrogen-bond donors (Lipinski definition) is 2. The Kier molecular flexibility index (Phi) is 4.65. The number of H-pyrrole nitrogens is 1. The second kappa shape index (κ2) is 6.73. The van der Waals surface area contributed by atoms with Crippen molar-refractivity contribution in [1.29, 1.82) is 0 Å². The molecule has 0 unspecified atom stereocenters. The van der Waals surface area contributed by atoms with E-state index in [1.54, 1.807) is 0 Å². The molecule has 6 nitrogen and oxygen atoms in total. The van der Waals surface area contributed by atoms with Crippen LogP contribution < -0.4 is 5.32 Å². The summed E-state index contributed by atoms with van der Waals surface area (Å²) < 4.78 is 38.2. The minimum Gasteiger partial charge on any atom is -0.333 e. The number of halogens is 3. The normalized spacial score (nSPS) is 16.1. The van der Waals surface area contributed by atoms with E-state index >= 15 is 0 Å². The number of hydrogen-bond acceptors (Lipinski definition) is 3. The minimum atomic E-state index is -4.45. The average Bonchev–Trinajstić information content (AvgIpc) is 2.83. The number of nitrogens with zero attached hydrogens (tertiary/aromatic N) is 2. The van der Waals surface area contributed by atoms with Gasteiger partial charge in [-0.25, -0.2) is 0 Å². The van der Waals surface area contributed by atoms with Crippen LogP contribution in [0.15, 0.2) is 18.2 Å². The first-order valence-electron chi connectivity index (χ1n) is 7.97. The Hall–Kier alpha value is -2.58. The standard InChI is InChI=1S/C16H17F3N4O2/c17-16(18,19)10-5-6-11-12(8-10)21-22-15(11)20-13(24)9-23-7-3-1-2-4-14(23)25/h5-6,8H,1-4,7,9H2,(H2,20,21,22,24). The number of rotatable bonds is 3. The lowest BCUT2D eigenvalue weighted by Crippen LogP contribution is -2.37. The predicted molar refractivity (Wildman–Crippen MR) is 84.8 cm³/mol. The second-order valence-corrected chi connectivity index (χ2v) is 6.00. The zero-order valence-corrected chi connectivity index (χ0v) is 13.3. The van der Waals surface area contributed by atoms with Gasteiger partial charge in [0.05, 0.1) is 17.6 Å². The highest BCUT2D eigenvalue weighted by atomic mass is 19.4. The van der Waals surface area contributed by atoms with Crippen molar-refractivity contribution in [1.82, 2.24) is 15.1 Å². The molecule has 0 saturated carbocycles. The van der Waals surface area contributed by atoms with Crippen LogP contribution in [0.4, 0.5) is 19.0 Å². The number of amides is 2. The molecule has 0 aliphatic carbocycles. The first-order valence-corrected chi connectivity index (χ1v) is 7.97. The van der Waals surface area contributed by atoms with Crippen molar-refractivity contribution in [2.45, 2.75) is 31.9 Å². The van der Waals surface area contributed by atoms with E-state index in [0.717, 1.165) is 31.4 Å². The first kappa shape index (κ1) is 17.2. The molecule has 0 bridgehead atoms. The molecule has 0 spiro atoms. The number of aromatic amines is 1. The van der Waals surface area contributed by atoms with E-state index in [9.17, 15) is 22.8 Å². The summed E-state index contributed by atoms with van der Waals surface area (Å²) in [6, 6.07) is 3.14. The van der Waals surface area contributed by atoms with Crippen molar-refractivity contribution in [3.63, 3.8) is 0 Å². The molecule has 1 fully saturated rings. The van der Waals surface area contributed by atoms with Gasteiger partial charge in [0.2, 0.25) is 11.8 Å². The first-order chi connectivity index (χ1) is 11.8. The summed E-state index contributed by atoms with van der Waals surface area (Å²) in [5, 5.41) is 9.28. The molecule has 3 rings (SSSR count). The molecule has 0 atom stereocenters. The fourth-order valence-corrected chi connectivity index (χ4v) is 2.84. The van der Waals surface area contributed by atoms with Gasteiger partial charge >= 0.3 is 6.18 Å². The summed E-state index contributed by atoms with van der Waals surface area (Å²) in [4.78, 5) is 25.6. The fraction of sp³-hybridized carbons (Fsp3) is 0.438. The van der Waals surface area contributed by atoms with Crippen LogP contribution in [0.3, 0.4) is 0 Å². The van der Waals surface area contributed by atoms with E-state index < -0.39 is 17.6 Å². The fourth-order valence-electron chi connectivity index (χ4n) is 2.84. The number of alkyl halides is 3. The van der Waals surface area contributed by atoms with Crippen molar-refractivity contribution in [3.8, 4) is 0 Å². The maximum atomic E-state index is 12.7. The number of carbonyl (C=O) groups excluding carboxylic acids is 2. The molecule has 1 aliphatic heterocycles. The van der Waals surface area contributed by atoms with Crippen LogP contribution in [0.25, 0.3) is 10.9 Å². The zero-order chi connectivity index (χ0) is 18.0. The van der Waals surface area contributed by atoms with Crippen LogP contribution in [0.5, 0.6) is 0 Å². The number of anilines is 1. The summed E-state index contributed by atoms with van der Waals surface area (Å²) >= 11 is 0. The van der Waals surface area contributed by atoms with Crippen molar-refractivity contribution >= 4 is 28.5 Å². The molecule has 1 aromatic carbocycles. The monoisotopic (exact) mass is 354 g/mol. The van der Waals surface area contributed by atoms with Crippen molar-refractivity contribution in [2.75, 3.05) is 18.4 Å². The van der Waals surface area contributed by atoms with Crippen molar-refractivity contribution in [3.05, 3.63) is 23.8 Å².